The molecule has 0 amide bonds. The molecule has 3 atom stereocenters. The van der Waals surface area contributed by atoms with E-state index in [1.165, 1.54) is 13.3 Å². The first-order chi connectivity index (χ1) is 18.6. The second-order valence-electron chi connectivity index (χ2n) is 10.5. The fourth-order valence-electron chi connectivity index (χ4n) is 5.52. The first kappa shape index (κ1) is 26.8. The maximum atomic E-state index is 14.1. The molecule has 1 aromatic heterocycles. The van der Waals surface area contributed by atoms with Crippen molar-refractivity contribution in [2.45, 2.75) is 38.3 Å². The van der Waals surface area contributed by atoms with E-state index in [9.17, 15) is 13.9 Å². The number of nitrogens with one attached hydrogen (secondary N) is 2. The second-order valence-corrected chi connectivity index (χ2v) is 10.5. The Morgan fingerprint density at radius 1 is 1.10 bits per heavy atom. The van der Waals surface area contributed by atoms with E-state index in [1.807, 2.05) is 6.07 Å². The van der Waals surface area contributed by atoms with E-state index in [0.29, 0.717) is 29.1 Å². The molecular weight excluding hydrogens is 506 g/mol. The molecule has 39 heavy (non-hydrogen) atoms. The van der Waals surface area contributed by atoms with Crippen molar-refractivity contribution in [3.63, 3.8) is 0 Å². The number of rotatable bonds is 8. The smallest absolute Gasteiger partial charge is 0.232 e. The molecule has 2 fully saturated rings. The van der Waals surface area contributed by atoms with Crippen LogP contribution in [-0.4, -0.2) is 64.8 Å². The van der Waals surface area contributed by atoms with Gasteiger partial charge in [-0.3, -0.25) is 0 Å². The molecule has 0 radical (unpaired) electrons. The highest BCUT2D eigenvalue weighted by atomic mass is 19.2. The Morgan fingerprint density at radius 3 is 2.49 bits per heavy atom. The summed E-state index contributed by atoms with van der Waals surface area (Å²) in [5.74, 6) is -0.655. The summed E-state index contributed by atoms with van der Waals surface area (Å²) in [6, 6.07) is 6.09. The number of fused-ring (bicyclic) bond motifs is 1. The van der Waals surface area contributed by atoms with E-state index in [-0.39, 0.29) is 29.6 Å². The SMILES string of the molecule is CCC(C)(O)c1cc(F)c(F)cc1Nc1ncnc(Nc2cc(N)c(N3CC[C@H]4CN(C)C[C@H]43)cc2OC)n1. The van der Waals surface area contributed by atoms with Crippen LogP contribution >= 0.6 is 0 Å². The van der Waals surface area contributed by atoms with Gasteiger partial charge in [-0.05, 0) is 44.9 Å². The molecule has 12 heteroatoms. The summed E-state index contributed by atoms with van der Waals surface area (Å²) in [7, 11) is 3.73. The number of halogens is 2. The lowest BCUT2D eigenvalue weighted by molar-refractivity contribution is 0.0534. The van der Waals surface area contributed by atoms with Gasteiger partial charge in [0, 0.05) is 43.4 Å². The fraction of sp³-hybridized carbons (Fsp3) is 0.444. The van der Waals surface area contributed by atoms with Crippen molar-refractivity contribution < 1.29 is 18.6 Å². The van der Waals surface area contributed by atoms with Gasteiger partial charge in [0.2, 0.25) is 11.9 Å². The van der Waals surface area contributed by atoms with Gasteiger partial charge in [-0.25, -0.2) is 18.7 Å². The maximum absolute atomic E-state index is 14.1. The van der Waals surface area contributed by atoms with Crippen LogP contribution in [0.3, 0.4) is 0 Å². The van der Waals surface area contributed by atoms with Gasteiger partial charge in [0.15, 0.2) is 11.6 Å². The van der Waals surface area contributed by atoms with Gasteiger partial charge in [0.1, 0.15) is 12.1 Å². The average molecular weight is 541 g/mol. The van der Waals surface area contributed by atoms with Gasteiger partial charge in [-0.15, -0.1) is 0 Å². The molecular formula is C27H34F2N8O2. The molecule has 1 unspecified atom stereocenters. The molecule has 0 aliphatic carbocycles. The third-order valence-electron chi connectivity index (χ3n) is 7.78. The Hall–Kier alpha value is -3.77. The topological polar surface area (TPSA) is 125 Å². The van der Waals surface area contributed by atoms with Crippen LogP contribution in [0, 0.1) is 17.6 Å². The number of nitrogens with zero attached hydrogens (tertiary/aromatic N) is 5. The zero-order valence-electron chi connectivity index (χ0n) is 22.5. The van der Waals surface area contributed by atoms with Crippen molar-refractivity contribution in [3.8, 4) is 5.75 Å². The molecule has 2 aliphatic heterocycles. The molecule has 10 nitrogen and oxygen atoms in total. The summed E-state index contributed by atoms with van der Waals surface area (Å²) in [5.41, 5.74) is 7.55. The molecule has 2 aliphatic rings. The number of aromatic nitrogens is 3. The summed E-state index contributed by atoms with van der Waals surface area (Å²) in [6.07, 6.45) is 2.69. The molecule has 2 aromatic carbocycles. The number of nitrogens with two attached hydrogens (primary N) is 1. The number of hydrogen-bond acceptors (Lipinski definition) is 10. The molecule has 208 valence electrons. The predicted octanol–water partition coefficient (Wildman–Crippen LogP) is 3.99. The summed E-state index contributed by atoms with van der Waals surface area (Å²) >= 11 is 0. The minimum absolute atomic E-state index is 0.0729. The molecule has 2 saturated heterocycles. The zero-order chi connectivity index (χ0) is 27.9. The number of aliphatic hydroxyl groups is 1. The molecule has 5 N–H and O–H groups in total. The highest BCUT2D eigenvalue weighted by molar-refractivity contribution is 5.80. The van der Waals surface area contributed by atoms with Gasteiger partial charge in [-0.1, -0.05) is 6.92 Å². The Bertz CT molecular complexity index is 1370. The standard InChI is InChI=1S/C27H34F2N8O2/c1-5-27(2,38)16-8-17(28)18(29)9-20(16)33-25-31-14-32-26(35-25)34-21-10-19(30)22(11-24(21)39-4)37-7-6-15-12-36(3)13-23(15)37/h8-11,14-15,23,38H,5-7,12-13,30H2,1-4H3,(H2,31,32,33,34,35)/t15-,23+,27?/m0/s1. The van der Waals surface area contributed by atoms with Crippen molar-refractivity contribution in [3.05, 3.63) is 47.8 Å². The number of nitrogen functional groups attached to an aromatic ring is 1. The zero-order valence-corrected chi connectivity index (χ0v) is 22.5. The van der Waals surface area contributed by atoms with Crippen molar-refractivity contribution in [2.75, 3.05) is 55.1 Å². The van der Waals surface area contributed by atoms with E-state index in [4.69, 9.17) is 10.5 Å². The van der Waals surface area contributed by atoms with E-state index in [1.54, 1.807) is 20.1 Å². The lowest BCUT2D eigenvalue weighted by atomic mass is 9.91. The third kappa shape index (κ3) is 5.26. The third-order valence-corrected chi connectivity index (χ3v) is 7.78. The maximum Gasteiger partial charge on any atom is 0.232 e. The summed E-state index contributed by atoms with van der Waals surface area (Å²) < 4.78 is 33.7. The van der Waals surface area contributed by atoms with Crippen LogP contribution in [0.4, 0.5) is 43.4 Å². The number of hydrogen-bond donors (Lipinski definition) is 4. The molecule has 3 aromatic rings. The van der Waals surface area contributed by atoms with Crippen LogP contribution in [0.15, 0.2) is 30.6 Å². The normalized spacial score (nSPS) is 20.5. The Balaban J connectivity index is 1.40. The summed E-state index contributed by atoms with van der Waals surface area (Å²) in [4.78, 5) is 17.4. The fourth-order valence-corrected chi connectivity index (χ4v) is 5.52. The summed E-state index contributed by atoms with van der Waals surface area (Å²) in [5, 5.41) is 16.7. The monoisotopic (exact) mass is 540 g/mol. The molecule has 0 spiro atoms. The number of benzene rings is 2. The Kier molecular flexibility index (Phi) is 7.17. The second kappa shape index (κ2) is 10.4. The van der Waals surface area contributed by atoms with E-state index in [2.05, 4.69) is 42.4 Å². The number of likely N-dealkylation sites (N-methyl/N-ethyl adjacent to an activating group) is 1. The first-order valence-corrected chi connectivity index (χ1v) is 13.0. The van der Waals surface area contributed by atoms with Gasteiger partial charge in [-0.2, -0.15) is 4.98 Å². The minimum atomic E-state index is -1.40. The van der Waals surface area contributed by atoms with Crippen LogP contribution in [-0.2, 0) is 5.60 Å². The van der Waals surface area contributed by atoms with Gasteiger partial charge in [0.25, 0.3) is 0 Å². The average Bonchev–Trinajstić information content (AvgIpc) is 3.45. The molecule has 0 bridgehead atoms. The van der Waals surface area contributed by atoms with Crippen LogP contribution in [0.5, 0.6) is 5.75 Å². The number of likely N-dealkylation sites (tertiary alicyclic amines) is 1. The quantitative estimate of drug-likeness (QED) is 0.312. The van der Waals surface area contributed by atoms with Crippen molar-refractivity contribution in [1.29, 1.82) is 0 Å². The van der Waals surface area contributed by atoms with E-state index < -0.39 is 17.2 Å². The lowest BCUT2D eigenvalue weighted by Gasteiger charge is -2.28. The molecule has 3 heterocycles. The summed E-state index contributed by atoms with van der Waals surface area (Å²) in [6.45, 7) is 6.31. The van der Waals surface area contributed by atoms with Crippen LogP contribution in [0.2, 0.25) is 0 Å². The Morgan fingerprint density at radius 2 is 1.79 bits per heavy atom. The van der Waals surface area contributed by atoms with E-state index in [0.717, 1.165) is 43.9 Å². The first-order valence-electron chi connectivity index (χ1n) is 13.0. The number of anilines is 6. The predicted molar refractivity (Wildman–Crippen MR) is 147 cm³/mol. The number of methoxy groups -OCH3 is 1. The van der Waals surface area contributed by atoms with Crippen LogP contribution in [0.25, 0.3) is 0 Å². The van der Waals surface area contributed by atoms with Crippen molar-refractivity contribution in [1.82, 2.24) is 19.9 Å². The highest BCUT2D eigenvalue weighted by Gasteiger charge is 2.40. The van der Waals surface area contributed by atoms with Gasteiger partial charge < -0.3 is 36.0 Å². The van der Waals surface area contributed by atoms with E-state index >= 15 is 0 Å². The van der Waals surface area contributed by atoms with Crippen LogP contribution < -0.4 is 26.0 Å². The van der Waals surface area contributed by atoms with Crippen molar-refractivity contribution in [2.24, 2.45) is 5.92 Å². The number of ether oxygens (including phenoxy) is 1. The molecule has 5 rings (SSSR count). The van der Waals surface area contributed by atoms with Gasteiger partial charge >= 0.3 is 0 Å². The Labute approximate surface area is 226 Å². The lowest BCUT2D eigenvalue weighted by Crippen LogP contribution is -2.35. The molecule has 0 saturated carbocycles. The van der Waals surface area contributed by atoms with Crippen molar-refractivity contribution >= 4 is 34.6 Å². The van der Waals surface area contributed by atoms with Gasteiger partial charge in [0.05, 0.1) is 35.5 Å². The highest BCUT2D eigenvalue weighted by Crippen LogP contribution is 2.42. The largest absolute Gasteiger partial charge is 0.494 e. The van der Waals surface area contributed by atoms with Crippen LogP contribution in [0.1, 0.15) is 32.3 Å². The minimum Gasteiger partial charge on any atom is -0.494 e.